The molecule has 36 heavy (non-hydrogen) atoms. The number of benzene rings is 2. The second kappa shape index (κ2) is 11.8. The van der Waals surface area contributed by atoms with Gasteiger partial charge in [-0.1, -0.05) is 24.3 Å². The van der Waals surface area contributed by atoms with Crippen molar-refractivity contribution >= 4 is 33.7 Å². The highest BCUT2D eigenvalue weighted by atomic mass is 79.9. The molecule has 1 heterocycles. The molecule has 190 valence electrons. The standard InChI is InChI=1S/C25H28BrN5O5/c1-6-35-22-12-19(11-21(26)24(22)36-14-20-10-8-7-9-15(20)2)13-27-28-25(32)18(5)30-17(4)23(31(33)34)16(3)29-30/h7-13,18H,6,14H2,1-5H3,(H,28,32). The molecule has 2 aromatic carbocycles. The van der Waals surface area contributed by atoms with Crippen LogP contribution in [-0.4, -0.2) is 33.4 Å². The van der Waals surface area contributed by atoms with E-state index in [9.17, 15) is 14.9 Å². The molecule has 1 atom stereocenters. The molecule has 0 fully saturated rings. The van der Waals surface area contributed by atoms with Crippen LogP contribution in [-0.2, 0) is 11.4 Å². The number of hydrazone groups is 1. The van der Waals surface area contributed by atoms with E-state index in [1.165, 1.54) is 17.8 Å². The zero-order valence-electron chi connectivity index (χ0n) is 20.7. The third kappa shape index (κ3) is 6.09. The monoisotopic (exact) mass is 557 g/mol. The summed E-state index contributed by atoms with van der Waals surface area (Å²) in [6, 6.07) is 10.8. The van der Waals surface area contributed by atoms with Crippen LogP contribution >= 0.6 is 15.9 Å². The Kier molecular flexibility index (Phi) is 8.81. The van der Waals surface area contributed by atoms with Gasteiger partial charge in [-0.05, 0) is 79.4 Å². The van der Waals surface area contributed by atoms with Crippen molar-refractivity contribution in [2.75, 3.05) is 6.61 Å². The van der Waals surface area contributed by atoms with Crippen LogP contribution in [0.1, 0.15) is 48.0 Å². The zero-order valence-corrected chi connectivity index (χ0v) is 22.3. The lowest BCUT2D eigenvalue weighted by molar-refractivity contribution is -0.386. The van der Waals surface area contributed by atoms with Crippen molar-refractivity contribution < 1.29 is 19.2 Å². The number of amides is 1. The fourth-order valence-corrected chi connectivity index (χ4v) is 4.23. The van der Waals surface area contributed by atoms with Gasteiger partial charge in [-0.2, -0.15) is 10.2 Å². The van der Waals surface area contributed by atoms with Crippen LogP contribution in [0.15, 0.2) is 46.0 Å². The van der Waals surface area contributed by atoms with Crippen LogP contribution in [0.3, 0.4) is 0 Å². The minimum Gasteiger partial charge on any atom is -0.490 e. The number of hydrogen-bond donors (Lipinski definition) is 1. The van der Waals surface area contributed by atoms with Gasteiger partial charge in [0.25, 0.3) is 5.91 Å². The number of carbonyl (C=O) groups excluding carboxylic acids is 1. The van der Waals surface area contributed by atoms with E-state index in [-0.39, 0.29) is 11.4 Å². The maximum atomic E-state index is 12.6. The molecule has 3 aromatic rings. The molecule has 1 unspecified atom stereocenters. The van der Waals surface area contributed by atoms with Crippen LogP contribution in [0.5, 0.6) is 11.5 Å². The highest BCUT2D eigenvalue weighted by molar-refractivity contribution is 9.10. The number of nitrogens with zero attached hydrogens (tertiary/aromatic N) is 4. The second-order valence-corrected chi connectivity index (χ2v) is 8.96. The minimum atomic E-state index is -0.794. The van der Waals surface area contributed by atoms with Crippen molar-refractivity contribution in [2.24, 2.45) is 5.10 Å². The van der Waals surface area contributed by atoms with Crippen molar-refractivity contribution in [1.29, 1.82) is 0 Å². The van der Waals surface area contributed by atoms with Gasteiger partial charge in [-0.3, -0.25) is 19.6 Å². The highest BCUT2D eigenvalue weighted by Gasteiger charge is 2.27. The van der Waals surface area contributed by atoms with Gasteiger partial charge in [-0.15, -0.1) is 0 Å². The molecule has 0 aliphatic heterocycles. The molecule has 0 aliphatic rings. The normalized spacial score (nSPS) is 11.9. The smallest absolute Gasteiger partial charge is 0.312 e. The molecular formula is C25H28BrN5O5. The first-order valence-corrected chi connectivity index (χ1v) is 12.1. The number of aryl methyl sites for hydroxylation is 2. The minimum absolute atomic E-state index is 0.101. The van der Waals surface area contributed by atoms with Crippen LogP contribution < -0.4 is 14.9 Å². The van der Waals surface area contributed by atoms with Gasteiger partial charge in [0.05, 0.1) is 22.2 Å². The van der Waals surface area contributed by atoms with Gasteiger partial charge in [0.15, 0.2) is 11.5 Å². The molecule has 0 saturated heterocycles. The maximum absolute atomic E-state index is 12.6. The predicted molar refractivity (Wildman–Crippen MR) is 140 cm³/mol. The number of rotatable bonds is 10. The van der Waals surface area contributed by atoms with Gasteiger partial charge >= 0.3 is 5.69 Å². The first-order valence-electron chi connectivity index (χ1n) is 11.3. The number of halogens is 1. The topological polar surface area (TPSA) is 121 Å². The molecule has 1 N–H and O–H groups in total. The molecule has 11 heteroatoms. The van der Waals surface area contributed by atoms with Crippen LogP contribution in [0.2, 0.25) is 0 Å². The van der Waals surface area contributed by atoms with Crippen molar-refractivity contribution in [3.8, 4) is 11.5 Å². The van der Waals surface area contributed by atoms with Crippen molar-refractivity contribution in [2.45, 2.75) is 47.3 Å². The Labute approximate surface area is 217 Å². The number of aromatic nitrogens is 2. The molecule has 0 saturated carbocycles. The Balaban J connectivity index is 1.73. The van der Waals surface area contributed by atoms with Crippen LogP contribution in [0, 0.1) is 30.9 Å². The molecule has 3 rings (SSSR count). The Morgan fingerprint density at radius 3 is 2.64 bits per heavy atom. The number of carbonyl (C=O) groups is 1. The average molecular weight is 558 g/mol. The summed E-state index contributed by atoms with van der Waals surface area (Å²) in [5, 5.41) is 19.4. The number of ether oxygens (including phenoxy) is 2. The van der Waals surface area contributed by atoms with E-state index in [0.29, 0.717) is 40.4 Å². The Morgan fingerprint density at radius 1 is 1.28 bits per heavy atom. The maximum Gasteiger partial charge on any atom is 0.312 e. The lowest BCUT2D eigenvalue weighted by atomic mass is 10.1. The summed E-state index contributed by atoms with van der Waals surface area (Å²) >= 11 is 3.54. The highest BCUT2D eigenvalue weighted by Crippen LogP contribution is 2.37. The van der Waals surface area contributed by atoms with E-state index in [1.54, 1.807) is 26.0 Å². The molecule has 10 nitrogen and oxygen atoms in total. The third-order valence-corrected chi connectivity index (χ3v) is 6.16. The molecule has 0 radical (unpaired) electrons. The van der Waals surface area contributed by atoms with Crippen molar-refractivity contribution in [3.63, 3.8) is 0 Å². The quantitative estimate of drug-likeness (QED) is 0.208. The summed E-state index contributed by atoms with van der Waals surface area (Å²) in [6.07, 6.45) is 1.48. The summed E-state index contributed by atoms with van der Waals surface area (Å²) in [6.45, 7) is 9.42. The largest absolute Gasteiger partial charge is 0.490 e. The van der Waals surface area contributed by atoms with Crippen LogP contribution in [0.4, 0.5) is 5.69 Å². The van der Waals surface area contributed by atoms with Gasteiger partial charge in [0, 0.05) is 0 Å². The average Bonchev–Trinajstić information content (AvgIpc) is 3.13. The number of nitrogens with one attached hydrogen (secondary N) is 1. The van der Waals surface area contributed by atoms with Crippen molar-refractivity contribution in [1.82, 2.24) is 15.2 Å². The Hall–Kier alpha value is -3.73. The first-order chi connectivity index (χ1) is 17.1. The van der Waals surface area contributed by atoms with E-state index < -0.39 is 16.9 Å². The predicted octanol–water partition coefficient (Wildman–Crippen LogP) is 5.17. The lowest BCUT2D eigenvalue weighted by Crippen LogP contribution is -2.28. The SMILES string of the molecule is CCOc1cc(C=NNC(=O)C(C)n2nc(C)c([N+](=O)[O-])c2C)cc(Br)c1OCc1ccccc1C. The van der Waals surface area contributed by atoms with Gasteiger partial charge in [0.1, 0.15) is 24.0 Å². The van der Waals surface area contributed by atoms with E-state index in [4.69, 9.17) is 9.47 Å². The lowest BCUT2D eigenvalue weighted by Gasteiger charge is -2.15. The first kappa shape index (κ1) is 26.9. The Bertz CT molecular complexity index is 1300. The fraction of sp³-hybridized carbons (Fsp3) is 0.320. The molecule has 1 aromatic heterocycles. The van der Waals surface area contributed by atoms with Gasteiger partial charge < -0.3 is 9.47 Å². The summed E-state index contributed by atoms with van der Waals surface area (Å²) in [4.78, 5) is 23.3. The van der Waals surface area contributed by atoms with E-state index in [2.05, 4.69) is 31.6 Å². The van der Waals surface area contributed by atoms with Gasteiger partial charge in [0.2, 0.25) is 0 Å². The second-order valence-electron chi connectivity index (χ2n) is 8.11. The fourth-order valence-electron chi connectivity index (χ4n) is 3.66. The third-order valence-electron chi connectivity index (χ3n) is 5.57. The molecular weight excluding hydrogens is 530 g/mol. The number of nitro groups is 1. The van der Waals surface area contributed by atoms with E-state index in [1.807, 2.05) is 38.1 Å². The van der Waals surface area contributed by atoms with Crippen LogP contribution in [0.25, 0.3) is 0 Å². The zero-order chi connectivity index (χ0) is 26.4. The van der Waals surface area contributed by atoms with E-state index >= 15 is 0 Å². The molecule has 0 spiro atoms. The molecule has 0 bridgehead atoms. The van der Waals surface area contributed by atoms with E-state index in [0.717, 1.165) is 11.1 Å². The summed E-state index contributed by atoms with van der Waals surface area (Å²) in [5.41, 5.74) is 5.79. The van der Waals surface area contributed by atoms with Gasteiger partial charge in [-0.25, -0.2) is 5.43 Å². The Morgan fingerprint density at radius 2 is 2.00 bits per heavy atom. The summed E-state index contributed by atoms with van der Waals surface area (Å²) in [5.74, 6) is 0.645. The summed E-state index contributed by atoms with van der Waals surface area (Å²) < 4.78 is 13.8. The summed E-state index contributed by atoms with van der Waals surface area (Å²) in [7, 11) is 0. The molecule has 1 amide bonds. The molecule has 0 aliphatic carbocycles. The number of hydrogen-bond acceptors (Lipinski definition) is 7. The van der Waals surface area contributed by atoms with Crippen molar-refractivity contribution in [3.05, 3.63) is 79.1 Å².